The topological polar surface area (TPSA) is 52.6 Å². The van der Waals surface area contributed by atoms with Crippen LogP contribution in [0.25, 0.3) is 0 Å². The van der Waals surface area contributed by atoms with E-state index in [1.165, 1.54) is 5.56 Å². The van der Waals surface area contributed by atoms with Crippen LogP contribution in [0.1, 0.15) is 16.7 Å². The molecule has 0 spiro atoms. The quantitative estimate of drug-likeness (QED) is 0.625. The van der Waals surface area contributed by atoms with Gasteiger partial charge in [0.15, 0.2) is 5.60 Å². The molecule has 1 saturated heterocycles. The summed E-state index contributed by atoms with van der Waals surface area (Å²) in [6.07, 6.45) is 0. The summed E-state index contributed by atoms with van der Waals surface area (Å²) in [4.78, 5) is 15.8. The number of nitrogens with one attached hydrogen (secondary N) is 1. The molecule has 3 aromatic rings. The molecule has 2 atom stereocenters. The van der Waals surface area contributed by atoms with E-state index in [4.69, 9.17) is 0 Å². The van der Waals surface area contributed by atoms with E-state index in [2.05, 4.69) is 40.5 Å². The Morgan fingerprint density at radius 1 is 0.839 bits per heavy atom. The summed E-state index contributed by atoms with van der Waals surface area (Å²) in [6.45, 7) is 3.79. The Hall–Kier alpha value is -2.95. The lowest BCUT2D eigenvalue weighted by atomic mass is 9.85. The standard InChI is InChI=1S/C27H28N2O2/c30-26(27(31,21-12-6-2-7-13-21)22-14-8-3-9-15-22)28-16-23-24-18-29(19-25(23)24)17-20-10-4-1-5-11-20/h1-15,23-25,31H,16-19H2,(H,28,30). The number of piperidine rings is 1. The summed E-state index contributed by atoms with van der Waals surface area (Å²) < 4.78 is 0. The third-order valence-electron chi connectivity index (χ3n) is 6.91. The first kappa shape index (κ1) is 20.0. The van der Waals surface area contributed by atoms with Crippen molar-refractivity contribution in [3.8, 4) is 0 Å². The normalized spacial score (nSPS) is 22.7. The Morgan fingerprint density at radius 3 is 1.84 bits per heavy atom. The summed E-state index contributed by atoms with van der Waals surface area (Å²) in [6, 6.07) is 29.0. The molecule has 5 rings (SSSR count). The molecule has 4 nitrogen and oxygen atoms in total. The fraction of sp³-hybridized carbons (Fsp3) is 0.296. The van der Waals surface area contributed by atoms with E-state index < -0.39 is 5.60 Å². The van der Waals surface area contributed by atoms with Crippen molar-refractivity contribution < 1.29 is 9.90 Å². The van der Waals surface area contributed by atoms with Crippen molar-refractivity contribution in [1.82, 2.24) is 10.2 Å². The monoisotopic (exact) mass is 412 g/mol. The van der Waals surface area contributed by atoms with Gasteiger partial charge in [-0.2, -0.15) is 0 Å². The maximum atomic E-state index is 13.3. The van der Waals surface area contributed by atoms with Crippen LogP contribution >= 0.6 is 0 Å². The van der Waals surface area contributed by atoms with Crippen molar-refractivity contribution in [2.45, 2.75) is 12.1 Å². The van der Waals surface area contributed by atoms with Gasteiger partial charge in [-0.3, -0.25) is 9.69 Å². The Labute approximate surface area is 183 Å². The third kappa shape index (κ3) is 3.89. The molecule has 2 unspecified atom stereocenters. The smallest absolute Gasteiger partial charge is 0.261 e. The number of carbonyl (C=O) groups is 1. The number of amides is 1. The van der Waals surface area contributed by atoms with Gasteiger partial charge in [0.05, 0.1) is 0 Å². The van der Waals surface area contributed by atoms with Gasteiger partial charge in [0.1, 0.15) is 0 Å². The summed E-state index contributed by atoms with van der Waals surface area (Å²) in [5, 5.41) is 14.6. The highest BCUT2D eigenvalue weighted by atomic mass is 16.3. The number of aliphatic hydroxyl groups is 1. The summed E-state index contributed by atoms with van der Waals surface area (Å²) in [7, 11) is 0. The molecule has 1 aliphatic carbocycles. The zero-order valence-corrected chi connectivity index (χ0v) is 17.5. The number of hydrogen-bond acceptors (Lipinski definition) is 3. The molecular formula is C27H28N2O2. The Balaban J connectivity index is 1.21. The molecule has 2 N–H and O–H groups in total. The van der Waals surface area contributed by atoms with Crippen molar-refractivity contribution in [2.75, 3.05) is 19.6 Å². The lowest BCUT2D eigenvalue weighted by Crippen LogP contribution is -2.46. The second-order valence-corrected chi connectivity index (χ2v) is 8.82. The van der Waals surface area contributed by atoms with Crippen LogP contribution in [0.2, 0.25) is 0 Å². The minimum atomic E-state index is -1.69. The highest BCUT2D eigenvalue weighted by Crippen LogP contribution is 2.51. The number of nitrogens with zero attached hydrogens (tertiary/aromatic N) is 1. The minimum Gasteiger partial charge on any atom is -0.372 e. The molecule has 1 saturated carbocycles. The number of carbonyl (C=O) groups excluding carboxylic acids is 1. The van der Waals surface area contributed by atoms with Gasteiger partial charge in [0.25, 0.3) is 5.91 Å². The number of rotatable bonds is 7. The van der Waals surface area contributed by atoms with Crippen LogP contribution < -0.4 is 5.32 Å². The fourth-order valence-corrected chi connectivity index (χ4v) is 5.14. The molecule has 0 bridgehead atoms. The molecule has 3 aromatic carbocycles. The van der Waals surface area contributed by atoms with E-state index in [1.54, 1.807) is 24.3 Å². The summed E-state index contributed by atoms with van der Waals surface area (Å²) in [5.74, 6) is 1.44. The second kappa shape index (κ2) is 8.29. The molecule has 1 heterocycles. The van der Waals surface area contributed by atoms with Gasteiger partial charge < -0.3 is 10.4 Å². The molecule has 2 aliphatic rings. The maximum Gasteiger partial charge on any atom is 0.261 e. The predicted octanol–water partition coefficient (Wildman–Crippen LogP) is 3.42. The van der Waals surface area contributed by atoms with Crippen molar-refractivity contribution >= 4 is 5.91 Å². The number of likely N-dealkylation sites (tertiary alicyclic amines) is 1. The Morgan fingerprint density at radius 2 is 1.32 bits per heavy atom. The van der Waals surface area contributed by atoms with Gasteiger partial charge in [-0.15, -0.1) is 0 Å². The Bertz CT molecular complexity index is 971. The Kier molecular flexibility index (Phi) is 5.34. The van der Waals surface area contributed by atoms with Gasteiger partial charge >= 0.3 is 0 Å². The zero-order valence-electron chi connectivity index (χ0n) is 17.5. The summed E-state index contributed by atoms with van der Waals surface area (Å²) >= 11 is 0. The second-order valence-electron chi connectivity index (χ2n) is 8.82. The van der Waals surface area contributed by atoms with Gasteiger partial charge in [0.2, 0.25) is 0 Å². The molecule has 158 valence electrons. The molecular weight excluding hydrogens is 384 g/mol. The van der Waals surface area contributed by atoms with Crippen molar-refractivity contribution in [3.05, 3.63) is 108 Å². The van der Waals surface area contributed by atoms with E-state index in [9.17, 15) is 9.90 Å². The van der Waals surface area contributed by atoms with Gasteiger partial charge in [-0.05, 0) is 34.4 Å². The minimum absolute atomic E-state index is 0.351. The van der Waals surface area contributed by atoms with E-state index >= 15 is 0 Å². The highest BCUT2D eigenvalue weighted by Gasteiger charge is 2.55. The molecule has 2 fully saturated rings. The number of hydrogen-bond donors (Lipinski definition) is 2. The first-order valence-corrected chi connectivity index (χ1v) is 11.0. The third-order valence-corrected chi connectivity index (χ3v) is 6.91. The van der Waals surface area contributed by atoms with Crippen molar-refractivity contribution in [1.29, 1.82) is 0 Å². The van der Waals surface area contributed by atoms with E-state index in [-0.39, 0.29) is 5.91 Å². The average Bonchev–Trinajstić information content (AvgIpc) is 3.29. The summed E-state index contributed by atoms with van der Waals surface area (Å²) in [5.41, 5.74) is 0.836. The number of benzene rings is 3. The van der Waals surface area contributed by atoms with E-state index in [1.807, 2.05) is 36.4 Å². The first-order chi connectivity index (χ1) is 15.2. The van der Waals surface area contributed by atoms with Crippen LogP contribution in [0.5, 0.6) is 0 Å². The largest absolute Gasteiger partial charge is 0.372 e. The lowest BCUT2D eigenvalue weighted by molar-refractivity contribution is -0.136. The number of fused-ring (bicyclic) bond motifs is 1. The van der Waals surface area contributed by atoms with Crippen LogP contribution in [-0.4, -0.2) is 35.5 Å². The predicted molar refractivity (Wildman–Crippen MR) is 121 cm³/mol. The van der Waals surface area contributed by atoms with Gasteiger partial charge in [-0.25, -0.2) is 0 Å². The lowest BCUT2D eigenvalue weighted by Gasteiger charge is -2.28. The average molecular weight is 413 g/mol. The molecule has 1 amide bonds. The van der Waals surface area contributed by atoms with Gasteiger partial charge in [0, 0.05) is 26.2 Å². The van der Waals surface area contributed by atoms with E-state index in [0.29, 0.717) is 35.4 Å². The van der Waals surface area contributed by atoms with Crippen molar-refractivity contribution in [2.24, 2.45) is 17.8 Å². The molecule has 31 heavy (non-hydrogen) atoms. The van der Waals surface area contributed by atoms with Crippen LogP contribution in [0.4, 0.5) is 0 Å². The molecule has 0 radical (unpaired) electrons. The van der Waals surface area contributed by atoms with Gasteiger partial charge in [-0.1, -0.05) is 91.0 Å². The first-order valence-electron chi connectivity index (χ1n) is 11.0. The van der Waals surface area contributed by atoms with Crippen LogP contribution in [0.3, 0.4) is 0 Å². The van der Waals surface area contributed by atoms with Crippen LogP contribution in [-0.2, 0) is 16.9 Å². The molecule has 4 heteroatoms. The maximum absolute atomic E-state index is 13.3. The van der Waals surface area contributed by atoms with E-state index in [0.717, 1.165) is 19.6 Å². The molecule has 0 aromatic heterocycles. The van der Waals surface area contributed by atoms with Crippen LogP contribution in [0, 0.1) is 17.8 Å². The van der Waals surface area contributed by atoms with Crippen LogP contribution in [0.15, 0.2) is 91.0 Å². The highest BCUT2D eigenvalue weighted by molar-refractivity contribution is 5.90. The molecule has 1 aliphatic heterocycles. The fourth-order valence-electron chi connectivity index (χ4n) is 5.14. The van der Waals surface area contributed by atoms with Crippen molar-refractivity contribution in [3.63, 3.8) is 0 Å². The zero-order chi connectivity index (χ0) is 21.3. The SMILES string of the molecule is O=C(NCC1C2CN(Cc3ccccc3)CC12)C(O)(c1ccccc1)c1ccccc1.